The number of halogens is 2. The second-order valence-electron chi connectivity index (χ2n) is 7.26. The normalized spacial score (nSPS) is 11.2. The van der Waals surface area contributed by atoms with E-state index < -0.39 is 0 Å². The third kappa shape index (κ3) is 4.35. The summed E-state index contributed by atoms with van der Waals surface area (Å²) in [6.07, 6.45) is 0. The van der Waals surface area contributed by atoms with Gasteiger partial charge in [0.05, 0.1) is 11.4 Å². The standard InChI is InChI=1S/C24H16Cl2N4O2S/c25-14-5-3-7-16(11-14)27-20(31)13-33-24-29-21-18-9-1-2-10-19(18)28-22(21)23(32)30(24)17-8-4-6-15(26)12-17/h1-12,28H,13H2,(H,27,31). The summed E-state index contributed by atoms with van der Waals surface area (Å²) in [5.74, 6) is -0.193. The van der Waals surface area contributed by atoms with Crippen LogP contribution in [0.15, 0.2) is 82.7 Å². The number of anilines is 1. The molecule has 0 saturated carbocycles. The minimum atomic E-state index is -0.267. The quantitative estimate of drug-likeness (QED) is 0.235. The van der Waals surface area contributed by atoms with E-state index in [0.717, 1.165) is 10.9 Å². The zero-order valence-corrected chi connectivity index (χ0v) is 19.3. The first-order valence-corrected chi connectivity index (χ1v) is 11.7. The monoisotopic (exact) mass is 494 g/mol. The number of H-pyrrole nitrogens is 1. The number of nitrogens with zero attached hydrogens (tertiary/aromatic N) is 2. The highest BCUT2D eigenvalue weighted by molar-refractivity contribution is 7.99. The molecule has 0 saturated heterocycles. The lowest BCUT2D eigenvalue weighted by molar-refractivity contribution is -0.113. The highest BCUT2D eigenvalue weighted by atomic mass is 35.5. The summed E-state index contributed by atoms with van der Waals surface area (Å²) in [5, 5.41) is 5.06. The van der Waals surface area contributed by atoms with Gasteiger partial charge in [0.25, 0.3) is 5.56 Å². The summed E-state index contributed by atoms with van der Waals surface area (Å²) in [7, 11) is 0. The Hall–Kier alpha value is -3.26. The van der Waals surface area contributed by atoms with Gasteiger partial charge in [-0.05, 0) is 42.5 Å². The number of hydrogen-bond donors (Lipinski definition) is 2. The minimum Gasteiger partial charge on any atom is -0.349 e. The molecular formula is C24H16Cl2N4O2S. The molecule has 0 aliphatic rings. The van der Waals surface area contributed by atoms with Gasteiger partial charge in [0.1, 0.15) is 11.0 Å². The first-order valence-electron chi connectivity index (χ1n) is 9.97. The van der Waals surface area contributed by atoms with Crippen molar-refractivity contribution < 1.29 is 4.79 Å². The molecule has 2 aromatic heterocycles. The van der Waals surface area contributed by atoms with E-state index in [1.54, 1.807) is 48.5 Å². The van der Waals surface area contributed by atoms with Gasteiger partial charge in [-0.3, -0.25) is 14.2 Å². The summed E-state index contributed by atoms with van der Waals surface area (Å²) in [6.45, 7) is 0. The molecule has 0 unspecified atom stereocenters. The zero-order chi connectivity index (χ0) is 22.9. The molecule has 6 nitrogen and oxygen atoms in total. The molecule has 2 N–H and O–H groups in total. The van der Waals surface area contributed by atoms with Crippen LogP contribution in [0.5, 0.6) is 0 Å². The van der Waals surface area contributed by atoms with E-state index in [2.05, 4.69) is 10.3 Å². The lowest BCUT2D eigenvalue weighted by Gasteiger charge is -2.12. The van der Waals surface area contributed by atoms with Gasteiger partial charge in [0.15, 0.2) is 5.16 Å². The van der Waals surface area contributed by atoms with Crippen molar-refractivity contribution in [3.63, 3.8) is 0 Å². The Labute approximate surface area is 202 Å². The predicted molar refractivity (Wildman–Crippen MR) is 135 cm³/mol. The Bertz CT molecular complexity index is 1580. The Morgan fingerprint density at radius 1 is 1.00 bits per heavy atom. The zero-order valence-electron chi connectivity index (χ0n) is 17.0. The summed E-state index contributed by atoms with van der Waals surface area (Å²) in [6, 6.07) is 21.5. The predicted octanol–water partition coefficient (Wildman–Crippen LogP) is 5.90. The summed E-state index contributed by atoms with van der Waals surface area (Å²) < 4.78 is 1.47. The average molecular weight is 495 g/mol. The van der Waals surface area contributed by atoms with Crippen LogP contribution in [0, 0.1) is 0 Å². The molecule has 0 aliphatic heterocycles. The number of amides is 1. The van der Waals surface area contributed by atoms with Gasteiger partial charge < -0.3 is 10.3 Å². The molecule has 1 amide bonds. The average Bonchev–Trinajstić information content (AvgIpc) is 3.17. The van der Waals surface area contributed by atoms with Crippen molar-refractivity contribution in [2.45, 2.75) is 5.16 Å². The van der Waals surface area contributed by atoms with Crippen molar-refractivity contribution in [3.05, 3.63) is 93.2 Å². The Balaban J connectivity index is 1.57. The lowest BCUT2D eigenvalue weighted by Crippen LogP contribution is -2.23. The van der Waals surface area contributed by atoms with Crippen molar-refractivity contribution >= 4 is 68.5 Å². The van der Waals surface area contributed by atoms with E-state index in [4.69, 9.17) is 28.2 Å². The molecule has 164 valence electrons. The number of aromatic nitrogens is 3. The van der Waals surface area contributed by atoms with Crippen molar-refractivity contribution in [1.29, 1.82) is 0 Å². The second kappa shape index (κ2) is 8.94. The maximum absolute atomic E-state index is 13.5. The number of benzene rings is 3. The smallest absolute Gasteiger partial charge is 0.283 e. The van der Waals surface area contributed by atoms with Crippen molar-refractivity contribution in [2.75, 3.05) is 11.1 Å². The van der Waals surface area contributed by atoms with Gasteiger partial charge in [0.2, 0.25) is 5.91 Å². The fourth-order valence-electron chi connectivity index (χ4n) is 3.58. The van der Waals surface area contributed by atoms with Gasteiger partial charge in [-0.2, -0.15) is 0 Å². The van der Waals surface area contributed by atoms with Crippen LogP contribution in [0.3, 0.4) is 0 Å². The topological polar surface area (TPSA) is 79.8 Å². The number of aromatic amines is 1. The SMILES string of the molecule is O=C(CSc1nc2c([nH]c3ccccc32)c(=O)n1-c1cccc(Cl)c1)Nc1cccc(Cl)c1. The van der Waals surface area contributed by atoms with Crippen LogP contribution in [0.2, 0.25) is 10.0 Å². The number of thioether (sulfide) groups is 1. The molecule has 0 bridgehead atoms. The molecule has 0 spiro atoms. The van der Waals surface area contributed by atoms with Crippen LogP contribution < -0.4 is 10.9 Å². The van der Waals surface area contributed by atoms with Crippen LogP contribution in [0.4, 0.5) is 5.69 Å². The minimum absolute atomic E-state index is 0.0490. The summed E-state index contributed by atoms with van der Waals surface area (Å²) >= 11 is 13.4. The van der Waals surface area contributed by atoms with E-state index in [9.17, 15) is 9.59 Å². The molecule has 3 aromatic carbocycles. The molecular weight excluding hydrogens is 479 g/mol. The highest BCUT2D eigenvalue weighted by Crippen LogP contribution is 2.27. The van der Waals surface area contributed by atoms with Gasteiger partial charge in [-0.1, -0.05) is 65.3 Å². The summed E-state index contributed by atoms with van der Waals surface area (Å²) in [5.41, 5.74) is 2.67. The van der Waals surface area contributed by atoms with Gasteiger partial charge in [0, 0.05) is 26.6 Å². The molecule has 0 atom stereocenters. The summed E-state index contributed by atoms with van der Waals surface area (Å²) in [4.78, 5) is 34.1. The highest BCUT2D eigenvalue weighted by Gasteiger charge is 2.18. The molecule has 5 aromatic rings. The third-order valence-electron chi connectivity index (χ3n) is 5.00. The maximum atomic E-state index is 13.5. The first-order chi connectivity index (χ1) is 16.0. The fraction of sp³-hybridized carbons (Fsp3) is 0.0417. The molecule has 9 heteroatoms. The Kier molecular flexibility index (Phi) is 5.85. The fourth-order valence-corrected chi connectivity index (χ4v) is 4.76. The number of hydrogen-bond acceptors (Lipinski definition) is 4. The number of rotatable bonds is 5. The number of nitrogens with one attached hydrogen (secondary N) is 2. The van der Waals surface area contributed by atoms with Crippen molar-refractivity contribution in [1.82, 2.24) is 14.5 Å². The maximum Gasteiger partial charge on any atom is 0.283 e. The number of para-hydroxylation sites is 1. The van der Waals surface area contributed by atoms with Crippen molar-refractivity contribution in [3.8, 4) is 5.69 Å². The van der Waals surface area contributed by atoms with Crippen LogP contribution >= 0.6 is 35.0 Å². The van der Waals surface area contributed by atoms with Crippen molar-refractivity contribution in [2.24, 2.45) is 0 Å². The molecule has 33 heavy (non-hydrogen) atoms. The Morgan fingerprint density at radius 2 is 1.76 bits per heavy atom. The van der Waals surface area contributed by atoms with Crippen LogP contribution in [0.1, 0.15) is 0 Å². The molecule has 0 radical (unpaired) electrons. The number of carbonyl (C=O) groups excluding carboxylic acids is 1. The molecule has 0 fully saturated rings. The largest absolute Gasteiger partial charge is 0.349 e. The van der Waals surface area contributed by atoms with Gasteiger partial charge in [-0.25, -0.2) is 4.98 Å². The number of fused-ring (bicyclic) bond motifs is 3. The number of carbonyl (C=O) groups is 1. The molecule has 5 rings (SSSR count). The van der Waals surface area contributed by atoms with Gasteiger partial charge >= 0.3 is 0 Å². The lowest BCUT2D eigenvalue weighted by atomic mass is 10.2. The second-order valence-corrected chi connectivity index (χ2v) is 9.07. The molecule has 0 aliphatic carbocycles. The molecule has 2 heterocycles. The van der Waals surface area contributed by atoms with Crippen LogP contribution in [-0.4, -0.2) is 26.2 Å². The van der Waals surface area contributed by atoms with Crippen LogP contribution in [-0.2, 0) is 4.79 Å². The Morgan fingerprint density at radius 3 is 2.55 bits per heavy atom. The van der Waals surface area contributed by atoms with Crippen LogP contribution in [0.25, 0.3) is 27.6 Å². The first kappa shape index (κ1) is 21.6. The van der Waals surface area contributed by atoms with E-state index in [0.29, 0.717) is 37.6 Å². The third-order valence-corrected chi connectivity index (χ3v) is 6.41. The van der Waals surface area contributed by atoms with Gasteiger partial charge in [-0.15, -0.1) is 0 Å². The van der Waals surface area contributed by atoms with E-state index >= 15 is 0 Å². The van der Waals surface area contributed by atoms with E-state index in [1.165, 1.54) is 16.3 Å². The van der Waals surface area contributed by atoms with E-state index in [-0.39, 0.29) is 17.2 Å². The van der Waals surface area contributed by atoms with E-state index in [1.807, 2.05) is 24.3 Å².